The summed E-state index contributed by atoms with van der Waals surface area (Å²) in [6.07, 6.45) is 3.04. The first kappa shape index (κ1) is 13.7. The molecule has 0 radical (unpaired) electrons. The lowest BCUT2D eigenvalue weighted by Crippen LogP contribution is -2.43. The van der Waals surface area contributed by atoms with E-state index in [-0.39, 0.29) is 6.04 Å². The second-order valence-corrected chi connectivity index (χ2v) is 6.47. The predicted octanol–water partition coefficient (Wildman–Crippen LogP) is 2.79. The van der Waals surface area contributed by atoms with Gasteiger partial charge in [0.25, 0.3) is 0 Å². The van der Waals surface area contributed by atoms with Gasteiger partial charge in [0.15, 0.2) is 0 Å². The highest BCUT2D eigenvalue weighted by Crippen LogP contribution is 2.44. The number of hydrogen-bond donors (Lipinski definition) is 1. The van der Waals surface area contributed by atoms with E-state index in [1.807, 2.05) is 0 Å². The van der Waals surface area contributed by atoms with E-state index in [4.69, 9.17) is 0 Å². The van der Waals surface area contributed by atoms with Crippen molar-refractivity contribution >= 4 is 0 Å². The Morgan fingerprint density at radius 2 is 1.58 bits per heavy atom. The Morgan fingerprint density at radius 3 is 2.00 bits per heavy atom. The van der Waals surface area contributed by atoms with Crippen LogP contribution in [0.2, 0.25) is 0 Å². The molecule has 3 saturated carbocycles. The molecule has 3 fully saturated rings. The van der Waals surface area contributed by atoms with Gasteiger partial charge in [-0.25, -0.2) is 0 Å². The summed E-state index contributed by atoms with van der Waals surface area (Å²) >= 11 is 0. The van der Waals surface area contributed by atoms with Crippen LogP contribution in [0.1, 0.15) is 38.5 Å². The minimum absolute atomic E-state index is 0.184. The first-order valence-electron chi connectivity index (χ1n) is 7.57. The maximum atomic E-state index is 12.5. The normalized spacial score (nSPS) is 24.5. The van der Waals surface area contributed by atoms with Crippen molar-refractivity contribution in [1.29, 1.82) is 0 Å². The summed E-state index contributed by atoms with van der Waals surface area (Å²) in [5, 5.41) is 3.53. The van der Waals surface area contributed by atoms with Gasteiger partial charge in [0.05, 0.1) is 6.54 Å². The standard InChI is InChI=1S/C14H23F3N2/c15-14(16,17)9-19(12-5-6-12)8-7-18-13(10-1-2-10)11-3-4-11/h10-13,18H,1-9H2. The van der Waals surface area contributed by atoms with Gasteiger partial charge in [-0.15, -0.1) is 0 Å². The lowest BCUT2D eigenvalue weighted by molar-refractivity contribution is -0.147. The first-order chi connectivity index (χ1) is 9.03. The lowest BCUT2D eigenvalue weighted by Gasteiger charge is -2.25. The third-order valence-corrected chi connectivity index (χ3v) is 4.48. The van der Waals surface area contributed by atoms with E-state index in [0.29, 0.717) is 19.1 Å². The molecule has 0 aliphatic heterocycles. The van der Waals surface area contributed by atoms with Crippen LogP contribution in [0.4, 0.5) is 13.2 Å². The smallest absolute Gasteiger partial charge is 0.312 e. The lowest BCUT2D eigenvalue weighted by atomic mass is 10.1. The Bertz CT molecular complexity index is 294. The summed E-state index contributed by atoms with van der Waals surface area (Å²) in [5.41, 5.74) is 0. The van der Waals surface area contributed by atoms with Crippen molar-refractivity contribution in [3.8, 4) is 0 Å². The Kier molecular flexibility index (Phi) is 3.78. The van der Waals surface area contributed by atoms with E-state index in [0.717, 1.165) is 24.7 Å². The van der Waals surface area contributed by atoms with E-state index in [2.05, 4.69) is 5.32 Å². The molecule has 3 rings (SSSR count). The van der Waals surface area contributed by atoms with Crippen LogP contribution >= 0.6 is 0 Å². The van der Waals surface area contributed by atoms with E-state index in [1.165, 1.54) is 25.7 Å². The van der Waals surface area contributed by atoms with Crippen molar-refractivity contribution in [3.05, 3.63) is 0 Å². The van der Waals surface area contributed by atoms with E-state index in [1.54, 1.807) is 4.90 Å². The van der Waals surface area contributed by atoms with E-state index >= 15 is 0 Å². The molecule has 0 aromatic rings. The molecule has 5 heteroatoms. The molecule has 0 aromatic carbocycles. The molecular formula is C14H23F3N2. The fourth-order valence-corrected chi connectivity index (χ4v) is 3.06. The van der Waals surface area contributed by atoms with Crippen LogP contribution in [0, 0.1) is 11.8 Å². The highest BCUT2D eigenvalue weighted by molar-refractivity contribution is 4.96. The van der Waals surface area contributed by atoms with Crippen LogP contribution in [0.25, 0.3) is 0 Å². The predicted molar refractivity (Wildman–Crippen MR) is 67.9 cm³/mol. The minimum Gasteiger partial charge on any atom is -0.312 e. The van der Waals surface area contributed by atoms with E-state index < -0.39 is 12.7 Å². The average molecular weight is 276 g/mol. The molecular weight excluding hydrogens is 253 g/mol. The molecule has 1 N–H and O–H groups in total. The molecule has 0 heterocycles. The van der Waals surface area contributed by atoms with Crippen LogP contribution in [0.5, 0.6) is 0 Å². The van der Waals surface area contributed by atoms with Crippen LogP contribution < -0.4 is 5.32 Å². The maximum Gasteiger partial charge on any atom is 0.401 e. The number of nitrogens with one attached hydrogen (secondary N) is 1. The van der Waals surface area contributed by atoms with Crippen molar-refractivity contribution in [2.24, 2.45) is 11.8 Å². The van der Waals surface area contributed by atoms with Gasteiger partial charge in [-0.2, -0.15) is 13.2 Å². The third-order valence-electron chi connectivity index (χ3n) is 4.48. The minimum atomic E-state index is -4.06. The summed E-state index contributed by atoms with van der Waals surface area (Å²) in [5.74, 6) is 1.62. The highest BCUT2D eigenvalue weighted by Gasteiger charge is 2.41. The topological polar surface area (TPSA) is 15.3 Å². The van der Waals surface area contributed by atoms with Gasteiger partial charge in [0.2, 0.25) is 0 Å². The van der Waals surface area contributed by atoms with Crippen LogP contribution in [-0.4, -0.2) is 42.8 Å². The Morgan fingerprint density at radius 1 is 1.00 bits per heavy atom. The number of rotatable bonds is 8. The molecule has 110 valence electrons. The van der Waals surface area contributed by atoms with Gasteiger partial charge >= 0.3 is 6.18 Å². The van der Waals surface area contributed by atoms with Crippen molar-refractivity contribution < 1.29 is 13.2 Å². The average Bonchev–Trinajstić information content (AvgIpc) is 3.16. The second kappa shape index (κ2) is 5.24. The summed E-state index contributed by atoms with van der Waals surface area (Å²) in [6, 6.07) is 0.774. The molecule has 0 bridgehead atoms. The fraction of sp³-hybridized carbons (Fsp3) is 1.00. The monoisotopic (exact) mass is 276 g/mol. The Balaban J connectivity index is 1.41. The molecule has 0 saturated heterocycles. The van der Waals surface area contributed by atoms with Gasteiger partial charge in [-0.1, -0.05) is 0 Å². The second-order valence-electron chi connectivity index (χ2n) is 6.47. The number of alkyl halides is 3. The Hall–Kier alpha value is -0.290. The largest absolute Gasteiger partial charge is 0.401 e. The number of halogens is 3. The first-order valence-corrected chi connectivity index (χ1v) is 7.57. The quantitative estimate of drug-likeness (QED) is 0.733. The maximum absolute atomic E-state index is 12.5. The summed E-state index contributed by atoms with van der Waals surface area (Å²) in [7, 11) is 0. The van der Waals surface area contributed by atoms with Crippen molar-refractivity contribution in [1.82, 2.24) is 10.2 Å². The van der Waals surface area contributed by atoms with Crippen molar-refractivity contribution in [2.45, 2.75) is 56.8 Å². The number of nitrogens with zero attached hydrogens (tertiary/aromatic N) is 1. The summed E-state index contributed by atoms with van der Waals surface area (Å²) in [4.78, 5) is 1.61. The zero-order valence-corrected chi connectivity index (χ0v) is 11.3. The zero-order valence-electron chi connectivity index (χ0n) is 11.3. The zero-order chi connectivity index (χ0) is 13.5. The van der Waals surface area contributed by atoms with Crippen molar-refractivity contribution in [2.75, 3.05) is 19.6 Å². The third kappa shape index (κ3) is 4.35. The van der Waals surface area contributed by atoms with Crippen LogP contribution in [0.15, 0.2) is 0 Å². The van der Waals surface area contributed by atoms with Gasteiger partial charge < -0.3 is 5.32 Å². The number of hydrogen-bond acceptors (Lipinski definition) is 2. The molecule has 3 aliphatic carbocycles. The molecule has 3 aliphatic rings. The molecule has 19 heavy (non-hydrogen) atoms. The molecule has 2 nitrogen and oxygen atoms in total. The van der Waals surface area contributed by atoms with Crippen LogP contribution in [0.3, 0.4) is 0 Å². The van der Waals surface area contributed by atoms with Gasteiger partial charge in [0.1, 0.15) is 0 Å². The van der Waals surface area contributed by atoms with E-state index in [9.17, 15) is 13.2 Å². The summed E-state index contributed by atoms with van der Waals surface area (Å²) < 4.78 is 37.5. The Labute approximate surface area is 112 Å². The fourth-order valence-electron chi connectivity index (χ4n) is 3.06. The molecule has 0 amide bonds. The molecule has 0 unspecified atom stereocenters. The van der Waals surface area contributed by atoms with Gasteiger partial charge in [-0.05, 0) is 50.4 Å². The highest BCUT2D eigenvalue weighted by atomic mass is 19.4. The van der Waals surface area contributed by atoms with Crippen molar-refractivity contribution in [3.63, 3.8) is 0 Å². The SMILES string of the molecule is FC(F)(F)CN(CCNC(C1CC1)C1CC1)C1CC1. The van der Waals surface area contributed by atoms with Crippen LogP contribution in [-0.2, 0) is 0 Å². The molecule has 0 spiro atoms. The van der Waals surface area contributed by atoms with Gasteiger partial charge in [-0.3, -0.25) is 4.90 Å². The molecule has 0 atom stereocenters. The van der Waals surface area contributed by atoms with Gasteiger partial charge in [0, 0.05) is 25.2 Å². The molecule has 0 aromatic heterocycles. The summed E-state index contributed by atoms with van der Waals surface area (Å²) in [6.45, 7) is 0.515.